The highest BCUT2D eigenvalue weighted by Crippen LogP contribution is 2.50. The molecule has 386 valence electrons. The van der Waals surface area contributed by atoms with E-state index < -0.39 is 0 Å². The van der Waals surface area contributed by atoms with E-state index in [1.165, 1.54) is 155 Å². The van der Waals surface area contributed by atoms with Crippen molar-refractivity contribution in [2.45, 2.75) is 0 Å². The van der Waals surface area contributed by atoms with E-state index in [1.807, 2.05) is 0 Å². The fourth-order valence-corrected chi connectivity index (χ4v) is 15.5. The van der Waals surface area contributed by atoms with Crippen LogP contribution in [0.3, 0.4) is 0 Å². The zero-order valence-electron chi connectivity index (χ0n) is 45.7. The van der Waals surface area contributed by atoms with Crippen molar-refractivity contribution in [3.8, 4) is 55.9 Å². The Hall–Kier alpha value is -10.8. The largest absolute Gasteiger partial charge is 0.311 e. The molecule has 6 heterocycles. The Morgan fingerprint density at radius 3 is 0.976 bits per heavy atom. The molecule has 19 rings (SSSR count). The van der Waals surface area contributed by atoms with Crippen molar-refractivity contribution in [2.75, 3.05) is 9.80 Å². The highest BCUT2D eigenvalue weighted by Gasteiger charge is 2.47. The van der Waals surface area contributed by atoms with Crippen molar-refractivity contribution >= 4 is 124 Å². The number of aromatic nitrogens is 2. The lowest BCUT2D eigenvalue weighted by atomic mass is 9.31. The summed E-state index contributed by atoms with van der Waals surface area (Å²) in [6.45, 7) is -0.202. The van der Waals surface area contributed by atoms with Gasteiger partial charge in [-0.25, -0.2) is 0 Å². The number of hydrogen-bond donors (Lipinski definition) is 0. The molecule has 0 amide bonds. The van der Waals surface area contributed by atoms with Crippen LogP contribution in [0.4, 0.5) is 34.1 Å². The van der Waals surface area contributed by atoms with Crippen molar-refractivity contribution in [1.82, 2.24) is 9.13 Å². The third kappa shape index (κ3) is 6.23. The summed E-state index contributed by atoms with van der Waals surface area (Å²) in [4.78, 5) is 5.09. The second-order valence-corrected chi connectivity index (χ2v) is 23.1. The van der Waals surface area contributed by atoms with Gasteiger partial charge in [-0.2, -0.15) is 0 Å². The molecule has 2 aromatic heterocycles. The van der Waals surface area contributed by atoms with E-state index in [0.717, 1.165) is 11.4 Å². The molecule has 15 aromatic rings. The number of fused-ring (bicyclic) bond motifs is 16. The van der Waals surface area contributed by atoms with Gasteiger partial charge in [0, 0.05) is 67.0 Å². The van der Waals surface area contributed by atoms with Gasteiger partial charge in [0.1, 0.15) is 0 Å². The quantitative estimate of drug-likeness (QED) is 0.154. The van der Waals surface area contributed by atoms with Crippen LogP contribution < -0.4 is 42.6 Å². The molecule has 0 spiro atoms. The van der Waals surface area contributed by atoms with Crippen LogP contribution in [0.5, 0.6) is 0 Å². The average molecular weight is 1060 g/mol. The molecule has 4 aliphatic heterocycles. The van der Waals surface area contributed by atoms with Crippen LogP contribution in [0, 0.1) is 0 Å². The minimum Gasteiger partial charge on any atom is -0.311 e. The van der Waals surface area contributed by atoms with E-state index in [2.05, 4.69) is 310 Å². The molecule has 4 aliphatic rings. The molecule has 84 heavy (non-hydrogen) atoms. The van der Waals surface area contributed by atoms with E-state index in [9.17, 15) is 0 Å². The van der Waals surface area contributed by atoms with Gasteiger partial charge in [0.15, 0.2) is 0 Å². The average Bonchev–Trinajstić information content (AvgIpc) is 1.54. The van der Waals surface area contributed by atoms with Gasteiger partial charge >= 0.3 is 0 Å². The van der Waals surface area contributed by atoms with Crippen LogP contribution in [0.25, 0.3) is 99.5 Å². The predicted octanol–water partition coefficient (Wildman–Crippen LogP) is 15.8. The lowest BCUT2D eigenvalue weighted by molar-refractivity contribution is 1.16. The van der Waals surface area contributed by atoms with E-state index >= 15 is 0 Å². The van der Waals surface area contributed by atoms with Crippen molar-refractivity contribution < 1.29 is 0 Å². The first kappa shape index (κ1) is 45.9. The number of anilines is 6. The van der Waals surface area contributed by atoms with Gasteiger partial charge in [0.05, 0.1) is 22.1 Å². The molecule has 0 N–H and O–H groups in total. The van der Waals surface area contributed by atoms with Gasteiger partial charge in [-0.1, -0.05) is 206 Å². The van der Waals surface area contributed by atoms with Crippen LogP contribution in [0.1, 0.15) is 0 Å². The molecule has 0 radical (unpaired) electrons. The van der Waals surface area contributed by atoms with Crippen molar-refractivity contribution in [3.05, 3.63) is 291 Å². The normalized spacial score (nSPS) is 13.1. The maximum Gasteiger partial charge on any atom is 0.252 e. The van der Waals surface area contributed by atoms with Gasteiger partial charge in [-0.15, -0.1) is 0 Å². The Kier molecular flexibility index (Phi) is 9.48. The minimum atomic E-state index is -0.101. The standard InChI is InChI=1S/C78H48B2N4/c1-7-23-49(24-8-1)53-39-41-65-59(43-53)73-57(51-27-11-3-12-28-51)45-71-75-77(73)83(65)69-47-64-70(48-63(69)79(75)61-35-19-21-37-67(61)81(71)55-31-15-5-16-32-55)84-66-42-40-54(50-25-9-2-10-26-50)44-60(66)74-58(52-29-13-4-14-30-52)46-72-76(78(74)84)80(64)62-36-20-22-38-68(62)82(72)56-33-17-6-18-34-56/h1-48H. The van der Waals surface area contributed by atoms with Crippen molar-refractivity contribution in [1.29, 1.82) is 0 Å². The van der Waals surface area contributed by atoms with Crippen molar-refractivity contribution in [3.63, 3.8) is 0 Å². The molecule has 0 fully saturated rings. The lowest BCUT2D eigenvalue weighted by Gasteiger charge is -2.42. The highest BCUT2D eigenvalue weighted by molar-refractivity contribution is 7.02. The summed E-state index contributed by atoms with van der Waals surface area (Å²) in [6.07, 6.45) is 0. The van der Waals surface area contributed by atoms with Gasteiger partial charge in [0.25, 0.3) is 13.4 Å². The fourth-order valence-electron chi connectivity index (χ4n) is 15.5. The first-order valence-corrected chi connectivity index (χ1v) is 29.3. The number of para-hydroxylation sites is 4. The van der Waals surface area contributed by atoms with E-state index in [4.69, 9.17) is 0 Å². The van der Waals surface area contributed by atoms with E-state index in [-0.39, 0.29) is 13.4 Å². The minimum absolute atomic E-state index is 0.101. The Morgan fingerprint density at radius 1 is 0.238 bits per heavy atom. The second kappa shape index (κ2) is 17.4. The van der Waals surface area contributed by atoms with Gasteiger partial charge in [0.2, 0.25) is 0 Å². The molecule has 0 atom stereocenters. The summed E-state index contributed by atoms with van der Waals surface area (Å²) < 4.78 is 5.37. The molecular weight excluding hydrogens is 1010 g/mol. The number of nitrogens with zero attached hydrogens (tertiary/aromatic N) is 4. The third-order valence-electron chi connectivity index (χ3n) is 18.8. The van der Waals surface area contributed by atoms with E-state index in [0.29, 0.717) is 0 Å². The summed E-state index contributed by atoms with van der Waals surface area (Å²) >= 11 is 0. The van der Waals surface area contributed by atoms with Gasteiger partial charge < -0.3 is 18.9 Å². The number of benzene rings is 13. The van der Waals surface area contributed by atoms with Crippen LogP contribution in [0.2, 0.25) is 0 Å². The van der Waals surface area contributed by atoms with Gasteiger partial charge in [-0.3, -0.25) is 0 Å². The Morgan fingerprint density at radius 2 is 0.583 bits per heavy atom. The predicted molar refractivity (Wildman–Crippen MR) is 356 cm³/mol. The highest BCUT2D eigenvalue weighted by atomic mass is 15.2. The molecule has 6 heteroatoms. The summed E-state index contributed by atoms with van der Waals surface area (Å²) in [5.74, 6) is 0. The van der Waals surface area contributed by atoms with Crippen LogP contribution in [0.15, 0.2) is 291 Å². The van der Waals surface area contributed by atoms with Crippen LogP contribution >= 0.6 is 0 Å². The first-order chi connectivity index (χ1) is 41.7. The summed E-state index contributed by atoms with van der Waals surface area (Å²) in [7, 11) is 0. The molecule has 0 aliphatic carbocycles. The Balaban J connectivity index is 1.00. The monoisotopic (exact) mass is 1060 g/mol. The van der Waals surface area contributed by atoms with Crippen molar-refractivity contribution in [2.24, 2.45) is 0 Å². The molecule has 0 unspecified atom stereocenters. The lowest BCUT2D eigenvalue weighted by Crippen LogP contribution is -2.63. The molecule has 0 bridgehead atoms. The smallest absolute Gasteiger partial charge is 0.252 e. The zero-order chi connectivity index (χ0) is 54.7. The Labute approximate surface area is 487 Å². The first-order valence-electron chi connectivity index (χ1n) is 29.3. The Bertz CT molecular complexity index is 4920. The summed E-state index contributed by atoms with van der Waals surface area (Å²) in [5.41, 5.74) is 32.0. The third-order valence-corrected chi connectivity index (χ3v) is 18.8. The fraction of sp³-hybridized carbons (Fsp3) is 0. The molecule has 4 nitrogen and oxygen atoms in total. The molecule has 13 aromatic carbocycles. The van der Waals surface area contributed by atoms with Crippen LogP contribution in [-0.4, -0.2) is 22.6 Å². The topological polar surface area (TPSA) is 16.3 Å². The molecular formula is C78H48B2N4. The maximum atomic E-state index is 2.68. The zero-order valence-corrected chi connectivity index (χ0v) is 45.7. The maximum absolute atomic E-state index is 2.68. The summed E-state index contributed by atoms with van der Waals surface area (Å²) in [6, 6.07) is 109. The van der Waals surface area contributed by atoms with Gasteiger partial charge in [-0.05, 0) is 162 Å². The number of rotatable bonds is 6. The SMILES string of the molecule is c1ccc(-c2ccc3c(c2)c2c(-c4ccccc4)cc4c5c2n3-c2cc3c(cc2B5c2ccccc2N4c2ccccc2)-n2c4ccc(-c5ccccc5)cc4c4c(-c5ccccc5)cc5c(c42)B3c2ccccc2N5c2ccccc2)cc1. The van der Waals surface area contributed by atoms with Crippen LogP contribution in [-0.2, 0) is 0 Å². The second-order valence-electron chi connectivity index (χ2n) is 23.1. The number of hydrogen-bond acceptors (Lipinski definition) is 2. The summed E-state index contributed by atoms with van der Waals surface area (Å²) in [5, 5.41) is 5.06. The molecule has 0 saturated carbocycles. The van der Waals surface area contributed by atoms with E-state index in [1.54, 1.807) is 0 Å². The molecule has 0 saturated heterocycles.